The molecule has 2 atom stereocenters. The van der Waals surface area contributed by atoms with E-state index in [0.717, 1.165) is 24.7 Å². The predicted molar refractivity (Wildman–Crippen MR) is 64.3 cm³/mol. The first-order chi connectivity index (χ1) is 7.22. The van der Waals surface area contributed by atoms with Crippen molar-refractivity contribution in [2.24, 2.45) is 11.8 Å². The van der Waals surface area contributed by atoms with Crippen molar-refractivity contribution in [1.82, 2.24) is 10.2 Å². The molecule has 1 fully saturated rings. The highest BCUT2D eigenvalue weighted by atomic mass is 15.2. The van der Waals surface area contributed by atoms with Crippen LogP contribution in [0.5, 0.6) is 0 Å². The van der Waals surface area contributed by atoms with Gasteiger partial charge in [-0.15, -0.1) is 0 Å². The van der Waals surface area contributed by atoms with Gasteiger partial charge in [-0.3, -0.25) is 0 Å². The molecule has 2 heteroatoms. The molecule has 2 nitrogen and oxygen atoms in total. The number of nitrogens with one attached hydrogen (secondary N) is 1. The van der Waals surface area contributed by atoms with E-state index in [1.807, 2.05) is 7.05 Å². The normalized spacial score (nSPS) is 30.1. The van der Waals surface area contributed by atoms with E-state index in [9.17, 15) is 0 Å². The second-order valence-electron chi connectivity index (χ2n) is 4.65. The zero-order valence-electron chi connectivity index (χ0n) is 9.66. The highest BCUT2D eigenvalue weighted by molar-refractivity contribution is 5.33. The van der Waals surface area contributed by atoms with Crippen LogP contribution in [0.1, 0.15) is 13.3 Å². The zero-order chi connectivity index (χ0) is 10.8. The Balaban J connectivity index is 2.22. The monoisotopic (exact) mass is 204 g/mol. The Kier molecular flexibility index (Phi) is 2.96. The van der Waals surface area contributed by atoms with Crippen molar-refractivity contribution in [1.29, 1.82) is 0 Å². The van der Waals surface area contributed by atoms with E-state index in [0.29, 0.717) is 5.92 Å². The van der Waals surface area contributed by atoms with Crippen molar-refractivity contribution >= 4 is 0 Å². The lowest BCUT2D eigenvalue weighted by Gasteiger charge is -2.42. The molecule has 2 rings (SSSR count). The third-order valence-corrected chi connectivity index (χ3v) is 3.26. The number of nitrogens with zero attached hydrogens (tertiary/aromatic N) is 1. The molecular formula is C13H20N2. The fraction of sp³-hybridized carbons (Fsp3) is 0.538. The second kappa shape index (κ2) is 4.23. The number of hydrogen-bond donors (Lipinski definition) is 1. The number of fused-ring (bicyclic) bond motifs is 1. The van der Waals surface area contributed by atoms with Crippen molar-refractivity contribution in [3.8, 4) is 0 Å². The number of rotatable bonds is 2. The first-order valence-corrected chi connectivity index (χ1v) is 5.71. The minimum Gasteiger partial charge on any atom is -0.345 e. The Hall–Kier alpha value is -1.02. The minimum atomic E-state index is 0.639. The summed E-state index contributed by atoms with van der Waals surface area (Å²) in [5, 5.41) is 3.28. The molecule has 2 aliphatic heterocycles. The van der Waals surface area contributed by atoms with Gasteiger partial charge in [-0.05, 0) is 31.5 Å². The van der Waals surface area contributed by atoms with Gasteiger partial charge < -0.3 is 10.2 Å². The van der Waals surface area contributed by atoms with Crippen LogP contribution in [0.2, 0.25) is 0 Å². The van der Waals surface area contributed by atoms with Crippen molar-refractivity contribution in [2.45, 2.75) is 13.3 Å². The van der Waals surface area contributed by atoms with Gasteiger partial charge in [0.1, 0.15) is 0 Å². The Labute approximate surface area is 92.3 Å². The third kappa shape index (κ3) is 2.00. The van der Waals surface area contributed by atoms with Crippen LogP contribution in [0.15, 0.2) is 36.2 Å². The molecule has 0 aromatic heterocycles. The van der Waals surface area contributed by atoms with Gasteiger partial charge in [0, 0.05) is 30.4 Å². The van der Waals surface area contributed by atoms with E-state index in [4.69, 9.17) is 0 Å². The van der Waals surface area contributed by atoms with Crippen LogP contribution in [0, 0.1) is 11.8 Å². The average molecular weight is 204 g/mol. The van der Waals surface area contributed by atoms with E-state index in [1.54, 1.807) is 0 Å². The van der Waals surface area contributed by atoms with Gasteiger partial charge in [-0.2, -0.15) is 0 Å². The van der Waals surface area contributed by atoms with Crippen LogP contribution < -0.4 is 5.32 Å². The fourth-order valence-electron chi connectivity index (χ4n) is 2.61. The first-order valence-electron chi connectivity index (χ1n) is 5.71. The largest absolute Gasteiger partial charge is 0.345 e. The summed E-state index contributed by atoms with van der Waals surface area (Å²) in [6.45, 7) is 8.61. The van der Waals surface area contributed by atoms with Crippen molar-refractivity contribution < 1.29 is 0 Å². The van der Waals surface area contributed by atoms with Gasteiger partial charge in [-0.25, -0.2) is 0 Å². The Morgan fingerprint density at radius 1 is 1.60 bits per heavy atom. The summed E-state index contributed by atoms with van der Waals surface area (Å²) in [4.78, 5) is 2.37. The van der Waals surface area contributed by atoms with Crippen LogP contribution in [0.25, 0.3) is 0 Å². The molecule has 0 bridgehead atoms. The SMILES string of the molecule is C=C1C=CC=C2[C@@H](CNC)C[C@@H](C)CN12. The molecule has 0 saturated carbocycles. The molecule has 0 radical (unpaired) electrons. The molecule has 2 aliphatic rings. The van der Waals surface area contributed by atoms with Crippen LogP contribution in [-0.2, 0) is 0 Å². The van der Waals surface area contributed by atoms with E-state index >= 15 is 0 Å². The van der Waals surface area contributed by atoms with Gasteiger partial charge in [-0.1, -0.05) is 19.6 Å². The van der Waals surface area contributed by atoms with Gasteiger partial charge >= 0.3 is 0 Å². The molecule has 0 amide bonds. The quantitative estimate of drug-likeness (QED) is 0.741. The number of hydrogen-bond acceptors (Lipinski definition) is 2. The van der Waals surface area contributed by atoms with E-state index in [2.05, 4.69) is 41.9 Å². The summed E-state index contributed by atoms with van der Waals surface area (Å²) < 4.78 is 0. The first kappa shape index (κ1) is 10.5. The molecule has 15 heavy (non-hydrogen) atoms. The minimum absolute atomic E-state index is 0.639. The van der Waals surface area contributed by atoms with Crippen LogP contribution in [0.4, 0.5) is 0 Å². The Morgan fingerprint density at radius 2 is 2.40 bits per heavy atom. The van der Waals surface area contributed by atoms with Gasteiger partial charge in [0.25, 0.3) is 0 Å². The molecule has 82 valence electrons. The Morgan fingerprint density at radius 3 is 3.13 bits per heavy atom. The highest BCUT2D eigenvalue weighted by Crippen LogP contribution is 2.34. The van der Waals surface area contributed by atoms with Crippen LogP contribution >= 0.6 is 0 Å². The molecule has 0 unspecified atom stereocenters. The lowest BCUT2D eigenvalue weighted by atomic mass is 9.85. The average Bonchev–Trinajstić information content (AvgIpc) is 2.20. The molecule has 1 N–H and O–H groups in total. The van der Waals surface area contributed by atoms with E-state index < -0.39 is 0 Å². The number of piperidine rings is 1. The molecule has 1 saturated heterocycles. The smallest absolute Gasteiger partial charge is 0.0335 e. The molecule has 0 aliphatic carbocycles. The van der Waals surface area contributed by atoms with Gasteiger partial charge in [0.05, 0.1) is 0 Å². The van der Waals surface area contributed by atoms with Gasteiger partial charge in [0.2, 0.25) is 0 Å². The van der Waals surface area contributed by atoms with E-state index in [1.165, 1.54) is 12.1 Å². The summed E-state index contributed by atoms with van der Waals surface area (Å²) in [5.74, 6) is 1.39. The summed E-state index contributed by atoms with van der Waals surface area (Å²) in [7, 11) is 2.03. The zero-order valence-corrected chi connectivity index (χ0v) is 9.66. The van der Waals surface area contributed by atoms with Crippen LogP contribution in [0.3, 0.4) is 0 Å². The Bertz CT molecular complexity index is 314. The summed E-state index contributed by atoms with van der Waals surface area (Å²) in [5.41, 5.74) is 2.58. The molecule has 0 aromatic rings. The topological polar surface area (TPSA) is 15.3 Å². The van der Waals surface area contributed by atoms with Crippen molar-refractivity contribution in [3.05, 3.63) is 36.2 Å². The lowest BCUT2D eigenvalue weighted by Crippen LogP contribution is -2.40. The third-order valence-electron chi connectivity index (χ3n) is 3.26. The molecule has 2 heterocycles. The molecule has 0 aromatic carbocycles. The molecular weight excluding hydrogens is 184 g/mol. The lowest BCUT2D eigenvalue weighted by molar-refractivity contribution is 0.228. The second-order valence-corrected chi connectivity index (χ2v) is 4.65. The summed E-state index contributed by atoms with van der Waals surface area (Å²) >= 11 is 0. The summed E-state index contributed by atoms with van der Waals surface area (Å²) in [6.07, 6.45) is 7.73. The van der Waals surface area contributed by atoms with E-state index in [-0.39, 0.29) is 0 Å². The highest BCUT2D eigenvalue weighted by Gasteiger charge is 2.29. The number of allylic oxidation sites excluding steroid dienone is 3. The fourth-order valence-corrected chi connectivity index (χ4v) is 2.61. The van der Waals surface area contributed by atoms with Crippen molar-refractivity contribution in [2.75, 3.05) is 20.1 Å². The maximum Gasteiger partial charge on any atom is 0.0335 e. The van der Waals surface area contributed by atoms with Crippen LogP contribution in [-0.4, -0.2) is 25.0 Å². The maximum atomic E-state index is 4.11. The standard InChI is InChI=1S/C13H20N2/c1-10-7-12(8-14-3)13-6-4-5-11(2)15(13)9-10/h4-6,10,12,14H,2,7-9H2,1,3H3/t10-,12-/m1/s1. The predicted octanol–water partition coefficient (Wildman–Crippen LogP) is 2.13. The van der Waals surface area contributed by atoms with Crippen molar-refractivity contribution in [3.63, 3.8) is 0 Å². The van der Waals surface area contributed by atoms with Gasteiger partial charge in [0.15, 0.2) is 0 Å². The summed E-state index contributed by atoms with van der Waals surface area (Å²) in [6, 6.07) is 0. The molecule has 0 spiro atoms. The maximum absolute atomic E-state index is 4.11.